The Kier molecular flexibility index (Phi) is 7.95. The van der Waals surface area contributed by atoms with Gasteiger partial charge < -0.3 is 5.32 Å². The van der Waals surface area contributed by atoms with E-state index in [4.69, 9.17) is 11.6 Å². The minimum atomic E-state index is -0.0707. The van der Waals surface area contributed by atoms with E-state index in [0.29, 0.717) is 17.1 Å². The molecular formula is C13H16Br2ClNO. The van der Waals surface area contributed by atoms with Crippen molar-refractivity contribution in [1.29, 1.82) is 0 Å². The number of amides is 1. The molecule has 0 heterocycles. The smallest absolute Gasteiger partial charge is 0.251 e. The summed E-state index contributed by atoms with van der Waals surface area (Å²) in [4.78, 5) is 11.8. The topological polar surface area (TPSA) is 29.1 Å². The van der Waals surface area contributed by atoms with E-state index in [0.717, 1.165) is 22.6 Å². The van der Waals surface area contributed by atoms with Gasteiger partial charge in [0.2, 0.25) is 0 Å². The molecule has 0 fully saturated rings. The monoisotopic (exact) mass is 395 g/mol. The summed E-state index contributed by atoms with van der Waals surface area (Å²) in [5.41, 5.74) is 0.592. The van der Waals surface area contributed by atoms with E-state index in [2.05, 4.69) is 37.2 Å². The standard InChI is InChI=1S/C13H16Br2ClNO/c14-5-3-1-2-4-6-17-13(18)10-7-11(15)9-12(16)8-10/h7-9H,1-6H2,(H,17,18). The maximum absolute atomic E-state index is 11.8. The fraction of sp³-hybridized carbons (Fsp3) is 0.462. The predicted octanol–water partition coefficient (Wildman–Crippen LogP) is 4.79. The minimum Gasteiger partial charge on any atom is -0.352 e. The molecule has 0 bridgehead atoms. The Morgan fingerprint density at radius 3 is 2.56 bits per heavy atom. The van der Waals surface area contributed by atoms with Gasteiger partial charge in [-0.1, -0.05) is 56.3 Å². The van der Waals surface area contributed by atoms with Crippen LogP contribution in [0.25, 0.3) is 0 Å². The summed E-state index contributed by atoms with van der Waals surface area (Å²) in [6, 6.07) is 5.21. The van der Waals surface area contributed by atoms with Crippen LogP contribution in [-0.2, 0) is 0 Å². The first-order valence-corrected chi connectivity index (χ1v) is 8.23. The van der Waals surface area contributed by atoms with E-state index >= 15 is 0 Å². The zero-order chi connectivity index (χ0) is 13.4. The van der Waals surface area contributed by atoms with Gasteiger partial charge >= 0.3 is 0 Å². The second-order valence-electron chi connectivity index (χ2n) is 4.02. The highest BCUT2D eigenvalue weighted by atomic mass is 79.9. The number of alkyl halides is 1. The van der Waals surface area contributed by atoms with Gasteiger partial charge in [0.25, 0.3) is 5.91 Å². The van der Waals surface area contributed by atoms with Crippen molar-refractivity contribution in [2.24, 2.45) is 0 Å². The number of rotatable bonds is 7. The average Bonchev–Trinajstić information content (AvgIpc) is 2.32. The molecule has 0 atom stereocenters. The molecule has 100 valence electrons. The first kappa shape index (κ1) is 16.0. The maximum atomic E-state index is 11.8. The number of hydrogen-bond acceptors (Lipinski definition) is 1. The molecule has 0 saturated carbocycles. The van der Waals surface area contributed by atoms with Crippen LogP contribution >= 0.6 is 43.5 Å². The number of carbonyl (C=O) groups excluding carboxylic acids is 1. The van der Waals surface area contributed by atoms with Crippen LogP contribution in [0.5, 0.6) is 0 Å². The normalized spacial score (nSPS) is 10.4. The van der Waals surface area contributed by atoms with E-state index in [1.54, 1.807) is 18.2 Å². The van der Waals surface area contributed by atoms with Crippen LogP contribution in [-0.4, -0.2) is 17.8 Å². The summed E-state index contributed by atoms with van der Waals surface area (Å²) in [5, 5.41) is 4.51. The fourth-order valence-corrected chi connectivity index (χ4v) is 2.82. The molecule has 1 amide bonds. The van der Waals surface area contributed by atoms with E-state index in [9.17, 15) is 4.79 Å². The Hall–Kier alpha value is -0.0600. The van der Waals surface area contributed by atoms with Crippen LogP contribution in [0, 0.1) is 0 Å². The zero-order valence-electron chi connectivity index (χ0n) is 10.0. The molecule has 2 nitrogen and oxygen atoms in total. The molecule has 0 aliphatic carbocycles. The Morgan fingerprint density at radius 1 is 1.17 bits per heavy atom. The highest BCUT2D eigenvalue weighted by Gasteiger charge is 2.06. The molecule has 0 radical (unpaired) electrons. The van der Waals surface area contributed by atoms with Gasteiger partial charge in [-0.15, -0.1) is 0 Å². The largest absolute Gasteiger partial charge is 0.352 e. The van der Waals surface area contributed by atoms with Gasteiger partial charge in [0, 0.05) is 26.9 Å². The number of halogens is 3. The van der Waals surface area contributed by atoms with Crippen LogP contribution in [0.2, 0.25) is 5.02 Å². The van der Waals surface area contributed by atoms with Crippen molar-refractivity contribution in [1.82, 2.24) is 5.32 Å². The van der Waals surface area contributed by atoms with Crippen LogP contribution in [0.3, 0.4) is 0 Å². The number of unbranched alkanes of at least 4 members (excludes halogenated alkanes) is 3. The van der Waals surface area contributed by atoms with Crippen molar-refractivity contribution >= 4 is 49.4 Å². The summed E-state index contributed by atoms with van der Waals surface area (Å²) in [5.74, 6) is -0.0707. The van der Waals surface area contributed by atoms with Gasteiger partial charge in [0.15, 0.2) is 0 Å². The molecule has 1 rings (SSSR count). The summed E-state index contributed by atoms with van der Waals surface area (Å²) in [7, 11) is 0. The lowest BCUT2D eigenvalue weighted by Gasteiger charge is -2.06. The molecule has 5 heteroatoms. The van der Waals surface area contributed by atoms with Gasteiger partial charge in [-0.05, 0) is 31.0 Å². The molecule has 0 unspecified atom stereocenters. The number of nitrogens with one attached hydrogen (secondary N) is 1. The number of benzene rings is 1. The lowest BCUT2D eigenvalue weighted by molar-refractivity contribution is 0.0953. The quantitative estimate of drug-likeness (QED) is 0.520. The van der Waals surface area contributed by atoms with E-state index in [-0.39, 0.29) is 5.91 Å². The molecule has 0 spiro atoms. The van der Waals surface area contributed by atoms with Crippen molar-refractivity contribution in [2.45, 2.75) is 25.7 Å². The molecule has 0 aliphatic rings. The first-order chi connectivity index (χ1) is 8.63. The number of carbonyl (C=O) groups is 1. The molecule has 18 heavy (non-hydrogen) atoms. The average molecular weight is 398 g/mol. The molecule has 0 saturated heterocycles. The van der Waals surface area contributed by atoms with Crippen molar-refractivity contribution in [3.8, 4) is 0 Å². The molecule has 1 N–H and O–H groups in total. The summed E-state index contributed by atoms with van der Waals surface area (Å²) in [6.07, 6.45) is 4.55. The summed E-state index contributed by atoms with van der Waals surface area (Å²) in [6.45, 7) is 0.714. The highest BCUT2D eigenvalue weighted by Crippen LogP contribution is 2.19. The van der Waals surface area contributed by atoms with Crippen LogP contribution in [0.4, 0.5) is 0 Å². The SMILES string of the molecule is O=C(NCCCCCCBr)c1cc(Cl)cc(Br)c1. The third-order valence-corrected chi connectivity index (χ3v) is 3.71. The third kappa shape index (κ3) is 6.21. The van der Waals surface area contributed by atoms with Gasteiger partial charge in [0.05, 0.1) is 0 Å². The van der Waals surface area contributed by atoms with Crippen LogP contribution < -0.4 is 5.32 Å². The van der Waals surface area contributed by atoms with E-state index < -0.39 is 0 Å². The zero-order valence-corrected chi connectivity index (χ0v) is 13.9. The molecule has 0 aromatic heterocycles. The highest BCUT2D eigenvalue weighted by molar-refractivity contribution is 9.10. The molecule has 1 aromatic carbocycles. The van der Waals surface area contributed by atoms with Crippen molar-refractivity contribution in [2.75, 3.05) is 11.9 Å². The van der Waals surface area contributed by atoms with E-state index in [1.807, 2.05) is 0 Å². The fourth-order valence-electron chi connectivity index (χ4n) is 1.56. The predicted molar refractivity (Wildman–Crippen MR) is 83.7 cm³/mol. The van der Waals surface area contributed by atoms with Gasteiger partial charge in [-0.25, -0.2) is 0 Å². The Morgan fingerprint density at radius 2 is 1.89 bits per heavy atom. The van der Waals surface area contributed by atoms with Crippen molar-refractivity contribution in [3.63, 3.8) is 0 Å². The first-order valence-electron chi connectivity index (χ1n) is 5.93. The molecule has 1 aromatic rings. The minimum absolute atomic E-state index is 0.0707. The third-order valence-electron chi connectivity index (χ3n) is 2.47. The van der Waals surface area contributed by atoms with Gasteiger partial charge in [-0.2, -0.15) is 0 Å². The Balaban J connectivity index is 2.32. The summed E-state index contributed by atoms with van der Waals surface area (Å²) < 4.78 is 0.817. The molecular weight excluding hydrogens is 381 g/mol. The Bertz CT molecular complexity index is 378. The lowest BCUT2D eigenvalue weighted by atomic mass is 10.2. The van der Waals surface area contributed by atoms with Crippen molar-refractivity contribution < 1.29 is 4.79 Å². The van der Waals surface area contributed by atoms with Crippen molar-refractivity contribution in [3.05, 3.63) is 33.3 Å². The van der Waals surface area contributed by atoms with Gasteiger partial charge in [-0.3, -0.25) is 4.79 Å². The van der Waals surface area contributed by atoms with Crippen LogP contribution in [0.1, 0.15) is 36.0 Å². The lowest BCUT2D eigenvalue weighted by Crippen LogP contribution is -2.24. The maximum Gasteiger partial charge on any atom is 0.251 e. The van der Waals surface area contributed by atoms with E-state index in [1.165, 1.54) is 12.8 Å². The second kappa shape index (κ2) is 8.94. The second-order valence-corrected chi connectivity index (χ2v) is 6.16. The van der Waals surface area contributed by atoms with Crippen LogP contribution in [0.15, 0.2) is 22.7 Å². The number of hydrogen-bond donors (Lipinski definition) is 1. The Labute approximate surface area is 130 Å². The van der Waals surface area contributed by atoms with Gasteiger partial charge in [0.1, 0.15) is 0 Å². The molecule has 0 aliphatic heterocycles. The summed E-state index contributed by atoms with van der Waals surface area (Å²) >= 11 is 12.6.